The van der Waals surface area contributed by atoms with E-state index in [2.05, 4.69) is 46.2 Å². The molecule has 0 aliphatic rings. The highest BCUT2D eigenvalue weighted by Gasteiger charge is 2.12. The van der Waals surface area contributed by atoms with E-state index in [1.165, 1.54) is 17.7 Å². The Balaban J connectivity index is 2.04. The zero-order chi connectivity index (χ0) is 14.5. The van der Waals surface area contributed by atoms with Crippen molar-refractivity contribution >= 4 is 11.3 Å². The van der Waals surface area contributed by atoms with Crippen LogP contribution in [0, 0.1) is 20.8 Å². The molecule has 0 atom stereocenters. The SMILES string of the molecule is CCCNCCc1c(C)nn(Cc2csc(C)n2)c1C. The summed E-state index contributed by atoms with van der Waals surface area (Å²) in [6.07, 6.45) is 2.23. The molecule has 0 unspecified atom stereocenters. The van der Waals surface area contributed by atoms with Crippen molar-refractivity contribution in [2.24, 2.45) is 0 Å². The van der Waals surface area contributed by atoms with E-state index < -0.39 is 0 Å². The van der Waals surface area contributed by atoms with Crippen molar-refractivity contribution in [2.75, 3.05) is 13.1 Å². The highest BCUT2D eigenvalue weighted by Crippen LogP contribution is 2.16. The third kappa shape index (κ3) is 3.67. The van der Waals surface area contributed by atoms with Crippen LogP contribution >= 0.6 is 11.3 Å². The predicted octanol–water partition coefficient (Wildman–Crippen LogP) is 2.86. The van der Waals surface area contributed by atoms with Crippen LogP contribution in [0.5, 0.6) is 0 Å². The standard InChI is InChI=1S/C15H24N4S/c1-5-7-16-8-6-15-11(2)18-19(12(15)3)9-14-10-20-13(4)17-14/h10,16H,5-9H2,1-4H3. The van der Waals surface area contributed by atoms with Crippen LogP contribution in [0.1, 0.15) is 41.0 Å². The van der Waals surface area contributed by atoms with Crippen molar-refractivity contribution in [2.45, 2.75) is 47.1 Å². The molecule has 2 aromatic heterocycles. The van der Waals surface area contributed by atoms with E-state index in [1.54, 1.807) is 11.3 Å². The highest BCUT2D eigenvalue weighted by molar-refractivity contribution is 7.09. The minimum Gasteiger partial charge on any atom is -0.316 e. The van der Waals surface area contributed by atoms with Gasteiger partial charge in [0.05, 0.1) is 22.9 Å². The summed E-state index contributed by atoms with van der Waals surface area (Å²) in [5.41, 5.74) is 4.90. The first-order chi connectivity index (χ1) is 9.61. The van der Waals surface area contributed by atoms with E-state index in [4.69, 9.17) is 0 Å². The third-order valence-electron chi connectivity index (χ3n) is 3.49. The molecule has 0 saturated carbocycles. The molecule has 0 spiro atoms. The van der Waals surface area contributed by atoms with Crippen LogP contribution in [0.3, 0.4) is 0 Å². The Morgan fingerprint density at radius 1 is 1.25 bits per heavy atom. The van der Waals surface area contributed by atoms with Crippen LogP contribution in [0.15, 0.2) is 5.38 Å². The number of aryl methyl sites for hydroxylation is 2. The van der Waals surface area contributed by atoms with Crippen molar-refractivity contribution in [3.63, 3.8) is 0 Å². The molecule has 1 N–H and O–H groups in total. The van der Waals surface area contributed by atoms with Gasteiger partial charge in [0, 0.05) is 11.1 Å². The predicted molar refractivity (Wildman–Crippen MR) is 84.5 cm³/mol. The Morgan fingerprint density at radius 2 is 2.05 bits per heavy atom. The summed E-state index contributed by atoms with van der Waals surface area (Å²) in [5.74, 6) is 0. The van der Waals surface area contributed by atoms with E-state index >= 15 is 0 Å². The van der Waals surface area contributed by atoms with Crippen molar-refractivity contribution in [3.8, 4) is 0 Å². The molecule has 2 rings (SSSR count). The van der Waals surface area contributed by atoms with Gasteiger partial charge in [-0.1, -0.05) is 6.92 Å². The molecule has 0 amide bonds. The largest absolute Gasteiger partial charge is 0.316 e. The highest BCUT2D eigenvalue weighted by atomic mass is 32.1. The normalized spacial score (nSPS) is 11.2. The lowest BCUT2D eigenvalue weighted by Crippen LogP contribution is -2.18. The molecule has 2 aromatic rings. The number of hydrogen-bond donors (Lipinski definition) is 1. The number of aromatic nitrogens is 3. The number of nitrogens with zero attached hydrogens (tertiary/aromatic N) is 3. The smallest absolute Gasteiger partial charge is 0.0898 e. The van der Waals surface area contributed by atoms with Crippen molar-refractivity contribution in [3.05, 3.63) is 33.0 Å². The Bertz CT molecular complexity index is 556. The molecule has 5 heteroatoms. The lowest BCUT2D eigenvalue weighted by molar-refractivity contribution is 0.644. The summed E-state index contributed by atoms with van der Waals surface area (Å²) >= 11 is 1.70. The zero-order valence-electron chi connectivity index (χ0n) is 12.9. The Kier molecular flexibility index (Phi) is 5.31. The second kappa shape index (κ2) is 6.99. The fourth-order valence-corrected chi connectivity index (χ4v) is 3.00. The number of nitrogens with one attached hydrogen (secondary N) is 1. The van der Waals surface area contributed by atoms with E-state index in [9.17, 15) is 0 Å². The van der Waals surface area contributed by atoms with Crippen molar-refractivity contribution in [1.29, 1.82) is 0 Å². The van der Waals surface area contributed by atoms with E-state index in [-0.39, 0.29) is 0 Å². The van der Waals surface area contributed by atoms with Crippen molar-refractivity contribution in [1.82, 2.24) is 20.1 Å². The van der Waals surface area contributed by atoms with Gasteiger partial charge in [-0.25, -0.2) is 4.98 Å². The number of hydrogen-bond acceptors (Lipinski definition) is 4. The lowest BCUT2D eigenvalue weighted by Gasteiger charge is -2.05. The van der Waals surface area contributed by atoms with Gasteiger partial charge in [-0.05, 0) is 52.3 Å². The average molecular weight is 292 g/mol. The van der Waals surface area contributed by atoms with Gasteiger partial charge in [0.25, 0.3) is 0 Å². The van der Waals surface area contributed by atoms with Gasteiger partial charge in [-0.2, -0.15) is 5.10 Å². The monoisotopic (exact) mass is 292 g/mol. The molecule has 0 fully saturated rings. The van der Waals surface area contributed by atoms with Crippen LogP contribution in [-0.4, -0.2) is 27.9 Å². The maximum Gasteiger partial charge on any atom is 0.0898 e. The fourth-order valence-electron chi connectivity index (χ4n) is 2.40. The summed E-state index contributed by atoms with van der Waals surface area (Å²) in [6.45, 7) is 11.4. The first-order valence-electron chi connectivity index (χ1n) is 7.26. The summed E-state index contributed by atoms with van der Waals surface area (Å²) in [6, 6.07) is 0. The molecule has 20 heavy (non-hydrogen) atoms. The molecule has 2 heterocycles. The van der Waals surface area contributed by atoms with Crippen LogP contribution < -0.4 is 5.32 Å². The summed E-state index contributed by atoms with van der Waals surface area (Å²) in [5, 5.41) is 11.4. The zero-order valence-corrected chi connectivity index (χ0v) is 13.7. The molecule has 0 aliphatic carbocycles. The second-order valence-corrected chi connectivity index (χ2v) is 6.23. The average Bonchev–Trinajstić information content (AvgIpc) is 2.93. The molecular formula is C15H24N4S. The summed E-state index contributed by atoms with van der Waals surface area (Å²) in [7, 11) is 0. The quantitative estimate of drug-likeness (QED) is 0.798. The Labute approximate surface area is 125 Å². The van der Waals surface area contributed by atoms with Crippen LogP contribution in [0.2, 0.25) is 0 Å². The first kappa shape index (κ1) is 15.2. The van der Waals surface area contributed by atoms with Gasteiger partial charge in [0.1, 0.15) is 0 Å². The van der Waals surface area contributed by atoms with Gasteiger partial charge in [-0.3, -0.25) is 4.68 Å². The van der Waals surface area contributed by atoms with Gasteiger partial charge in [0.15, 0.2) is 0 Å². The van der Waals surface area contributed by atoms with Gasteiger partial charge < -0.3 is 5.32 Å². The molecule has 110 valence electrons. The van der Waals surface area contributed by atoms with Gasteiger partial charge in [-0.15, -0.1) is 11.3 Å². The minimum atomic E-state index is 0.777. The van der Waals surface area contributed by atoms with Crippen molar-refractivity contribution < 1.29 is 0 Å². The molecule has 0 radical (unpaired) electrons. The minimum absolute atomic E-state index is 0.777. The van der Waals surface area contributed by atoms with Gasteiger partial charge >= 0.3 is 0 Å². The molecule has 0 saturated heterocycles. The number of thiazole rings is 1. The Hall–Kier alpha value is -1.20. The van der Waals surface area contributed by atoms with E-state index in [0.29, 0.717) is 0 Å². The molecule has 0 bridgehead atoms. The maximum absolute atomic E-state index is 4.67. The lowest BCUT2D eigenvalue weighted by atomic mass is 10.1. The van der Waals surface area contributed by atoms with Gasteiger partial charge in [0.2, 0.25) is 0 Å². The molecule has 4 nitrogen and oxygen atoms in total. The van der Waals surface area contributed by atoms with Crippen LogP contribution in [0.4, 0.5) is 0 Å². The summed E-state index contributed by atoms with van der Waals surface area (Å²) in [4.78, 5) is 4.52. The van der Waals surface area contributed by atoms with E-state index in [0.717, 1.165) is 42.5 Å². The molecule has 0 aromatic carbocycles. The maximum atomic E-state index is 4.67. The molecular weight excluding hydrogens is 268 g/mol. The topological polar surface area (TPSA) is 42.7 Å². The van der Waals surface area contributed by atoms with Crippen LogP contribution in [0.25, 0.3) is 0 Å². The summed E-state index contributed by atoms with van der Waals surface area (Å²) < 4.78 is 2.08. The first-order valence-corrected chi connectivity index (χ1v) is 8.14. The number of rotatable bonds is 7. The second-order valence-electron chi connectivity index (χ2n) is 5.16. The van der Waals surface area contributed by atoms with E-state index in [1.807, 2.05) is 6.92 Å². The Morgan fingerprint density at radius 3 is 2.70 bits per heavy atom. The van der Waals surface area contributed by atoms with Crippen LogP contribution in [-0.2, 0) is 13.0 Å². The third-order valence-corrected chi connectivity index (χ3v) is 4.31. The fraction of sp³-hybridized carbons (Fsp3) is 0.600. The molecule has 0 aliphatic heterocycles.